The number of pyridine rings is 1. The maximum Gasteiger partial charge on any atom is 0.254 e. The molecule has 0 aliphatic carbocycles. The van der Waals surface area contributed by atoms with Crippen molar-refractivity contribution in [2.24, 2.45) is 5.73 Å². The molecule has 2 rings (SSSR count). The summed E-state index contributed by atoms with van der Waals surface area (Å²) in [5.74, 6) is -0.217. The molecule has 1 heterocycles. The van der Waals surface area contributed by atoms with Gasteiger partial charge in [0.05, 0.1) is 5.56 Å². The summed E-state index contributed by atoms with van der Waals surface area (Å²) in [6, 6.07) is 6.76. The lowest BCUT2D eigenvalue weighted by Gasteiger charge is -2.13. The molecule has 1 aromatic carbocycles. The number of primary amides is 1. The van der Waals surface area contributed by atoms with E-state index in [4.69, 9.17) is 5.73 Å². The maximum absolute atomic E-state index is 12.3. The monoisotopic (exact) mass is 286 g/mol. The number of hydrogen-bond acceptors (Lipinski definition) is 4. The van der Waals surface area contributed by atoms with E-state index in [2.05, 4.69) is 15.6 Å². The molecular formula is C15H18N4O2. The highest BCUT2D eigenvalue weighted by Crippen LogP contribution is 2.24. The molecule has 0 bridgehead atoms. The molecule has 4 N–H and O–H groups in total. The third kappa shape index (κ3) is 3.10. The van der Waals surface area contributed by atoms with Gasteiger partial charge >= 0.3 is 0 Å². The molecule has 21 heavy (non-hydrogen) atoms. The zero-order chi connectivity index (χ0) is 15.4. The topological polar surface area (TPSA) is 97.1 Å². The number of carbonyl (C=O) groups is 2. The molecule has 1 aromatic heterocycles. The Morgan fingerprint density at radius 2 is 1.95 bits per heavy atom. The summed E-state index contributed by atoms with van der Waals surface area (Å²) in [6.07, 6.45) is 1.50. The number of fused-ring (bicyclic) bond motifs is 1. The highest BCUT2D eigenvalue weighted by atomic mass is 16.2. The molecule has 0 aliphatic heterocycles. The molecule has 110 valence electrons. The summed E-state index contributed by atoms with van der Waals surface area (Å²) in [7, 11) is 0. The Labute approximate surface area is 122 Å². The summed E-state index contributed by atoms with van der Waals surface area (Å²) in [4.78, 5) is 27.6. The van der Waals surface area contributed by atoms with Crippen LogP contribution in [0.2, 0.25) is 0 Å². The van der Waals surface area contributed by atoms with Gasteiger partial charge < -0.3 is 16.4 Å². The predicted octanol–water partition coefficient (Wildman–Crippen LogP) is 1.27. The van der Waals surface area contributed by atoms with Crippen LogP contribution in [0, 0.1) is 0 Å². The highest BCUT2D eigenvalue weighted by molar-refractivity contribution is 6.10. The van der Waals surface area contributed by atoms with Gasteiger partial charge in [-0.05, 0) is 19.2 Å². The molecule has 0 fully saturated rings. The van der Waals surface area contributed by atoms with Crippen LogP contribution >= 0.6 is 0 Å². The van der Waals surface area contributed by atoms with E-state index in [1.54, 1.807) is 6.92 Å². The lowest BCUT2D eigenvalue weighted by Crippen LogP contribution is -2.42. The van der Waals surface area contributed by atoms with E-state index >= 15 is 0 Å². The Hall–Kier alpha value is -2.63. The van der Waals surface area contributed by atoms with Crippen LogP contribution in [0.4, 0.5) is 5.82 Å². The Morgan fingerprint density at radius 1 is 1.29 bits per heavy atom. The number of rotatable bonds is 5. The van der Waals surface area contributed by atoms with Gasteiger partial charge in [0.15, 0.2) is 0 Å². The van der Waals surface area contributed by atoms with E-state index in [9.17, 15) is 9.59 Å². The maximum atomic E-state index is 12.3. The van der Waals surface area contributed by atoms with Crippen molar-refractivity contribution in [3.8, 4) is 0 Å². The normalized spacial score (nSPS) is 11.9. The molecule has 6 heteroatoms. The molecule has 0 aliphatic rings. The van der Waals surface area contributed by atoms with Crippen LogP contribution in [0.15, 0.2) is 30.5 Å². The molecule has 1 unspecified atom stereocenters. The van der Waals surface area contributed by atoms with Crippen LogP contribution in [-0.4, -0.2) is 29.4 Å². The second-order valence-corrected chi connectivity index (χ2v) is 4.69. The van der Waals surface area contributed by atoms with Gasteiger partial charge in [-0.25, -0.2) is 4.98 Å². The van der Waals surface area contributed by atoms with Gasteiger partial charge in [0.2, 0.25) is 5.91 Å². The van der Waals surface area contributed by atoms with E-state index in [1.165, 1.54) is 6.20 Å². The standard InChI is InChI=1S/C15H18N4O2/c1-3-17-14-11-7-5-4-6-10(11)12(8-18-14)15(21)19-9(2)13(16)20/h4-9H,3H2,1-2H3,(H2,16,20)(H,17,18)(H,19,21). The fourth-order valence-corrected chi connectivity index (χ4v) is 2.03. The number of aromatic nitrogens is 1. The minimum atomic E-state index is -0.732. The first kappa shape index (κ1) is 14.8. The number of nitrogens with two attached hydrogens (primary N) is 1. The zero-order valence-corrected chi connectivity index (χ0v) is 12.0. The highest BCUT2D eigenvalue weighted by Gasteiger charge is 2.17. The van der Waals surface area contributed by atoms with Gasteiger partial charge in [-0.3, -0.25) is 9.59 Å². The van der Waals surface area contributed by atoms with Crippen LogP contribution in [0.1, 0.15) is 24.2 Å². The molecule has 2 amide bonds. The van der Waals surface area contributed by atoms with E-state index in [1.807, 2.05) is 31.2 Å². The quantitative estimate of drug-likeness (QED) is 0.771. The van der Waals surface area contributed by atoms with E-state index in [0.29, 0.717) is 5.56 Å². The van der Waals surface area contributed by atoms with E-state index in [0.717, 1.165) is 23.1 Å². The van der Waals surface area contributed by atoms with Crippen LogP contribution in [0.3, 0.4) is 0 Å². The van der Waals surface area contributed by atoms with Gasteiger partial charge in [0.25, 0.3) is 5.91 Å². The SMILES string of the molecule is CCNc1ncc(C(=O)NC(C)C(N)=O)c2ccccc12. The zero-order valence-electron chi connectivity index (χ0n) is 12.0. The van der Waals surface area contributed by atoms with E-state index < -0.39 is 11.9 Å². The first-order chi connectivity index (χ1) is 10.0. The third-order valence-corrected chi connectivity index (χ3v) is 3.16. The van der Waals surface area contributed by atoms with Gasteiger partial charge in [-0.1, -0.05) is 24.3 Å². The number of hydrogen-bond donors (Lipinski definition) is 3. The molecule has 1 atom stereocenters. The predicted molar refractivity (Wildman–Crippen MR) is 82.0 cm³/mol. The Kier molecular flexibility index (Phi) is 4.37. The molecule has 0 spiro atoms. The van der Waals surface area contributed by atoms with E-state index in [-0.39, 0.29) is 5.91 Å². The minimum absolute atomic E-state index is 0.368. The number of nitrogens with one attached hydrogen (secondary N) is 2. The van der Waals surface area contributed by atoms with Gasteiger partial charge in [0.1, 0.15) is 11.9 Å². The molecule has 2 aromatic rings. The van der Waals surface area contributed by atoms with Gasteiger partial charge in [-0.15, -0.1) is 0 Å². The smallest absolute Gasteiger partial charge is 0.254 e. The van der Waals surface area contributed by atoms with Crippen LogP contribution < -0.4 is 16.4 Å². The summed E-state index contributed by atoms with van der Waals surface area (Å²) in [5.41, 5.74) is 5.58. The minimum Gasteiger partial charge on any atom is -0.370 e. The number of benzene rings is 1. The Morgan fingerprint density at radius 3 is 2.57 bits per heavy atom. The molecule has 6 nitrogen and oxygen atoms in total. The summed E-state index contributed by atoms with van der Waals surface area (Å²) < 4.78 is 0. The first-order valence-corrected chi connectivity index (χ1v) is 6.76. The fraction of sp³-hybridized carbons (Fsp3) is 0.267. The van der Waals surface area contributed by atoms with Crippen molar-refractivity contribution in [1.82, 2.24) is 10.3 Å². The van der Waals surface area contributed by atoms with Gasteiger partial charge in [0, 0.05) is 18.1 Å². The molecular weight excluding hydrogens is 268 g/mol. The summed E-state index contributed by atoms with van der Waals surface area (Å²) in [6.45, 7) is 4.26. The Balaban J connectivity index is 2.43. The van der Waals surface area contributed by atoms with Crippen molar-refractivity contribution in [3.05, 3.63) is 36.0 Å². The second-order valence-electron chi connectivity index (χ2n) is 4.69. The van der Waals surface area contributed by atoms with Crippen molar-refractivity contribution in [1.29, 1.82) is 0 Å². The second kappa shape index (κ2) is 6.21. The molecule has 0 radical (unpaired) electrons. The summed E-state index contributed by atoms with van der Waals surface area (Å²) >= 11 is 0. The van der Waals surface area contributed by atoms with Crippen molar-refractivity contribution in [3.63, 3.8) is 0 Å². The van der Waals surface area contributed by atoms with Crippen LogP contribution in [0.25, 0.3) is 10.8 Å². The Bertz CT molecular complexity index is 684. The average Bonchev–Trinajstić information content (AvgIpc) is 2.47. The van der Waals surface area contributed by atoms with Crippen molar-refractivity contribution in [2.45, 2.75) is 19.9 Å². The first-order valence-electron chi connectivity index (χ1n) is 6.76. The fourth-order valence-electron chi connectivity index (χ4n) is 2.03. The van der Waals surface area contributed by atoms with Crippen molar-refractivity contribution < 1.29 is 9.59 Å². The van der Waals surface area contributed by atoms with Crippen molar-refractivity contribution in [2.75, 3.05) is 11.9 Å². The van der Waals surface area contributed by atoms with Crippen LogP contribution in [0.5, 0.6) is 0 Å². The molecule has 0 saturated carbocycles. The number of amides is 2. The number of nitrogens with zero attached hydrogens (tertiary/aromatic N) is 1. The number of anilines is 1. The van der Waals surface area contributed by atoms with Gasteiger partial charge in [-0.2, -0.15) is 0 Å². The third-order valence-electron chi connectivity index (χ3n) is 3.16. The van der Waals surface area contributed by atoms with Crippen LogP contribution in [-0.2, 0) is 4.79 Å². The van der Waals surface area contributed by atoms with Crippen molar-refractivity contribution >= 4 is 28.4 Å². The lowest BCUT2D eigenvalue weighted by molar-refractivity contribution is -0.119. The summed E-state index contributed by atoms with van der Waals surface area (Å²) in [5, 5.41) is 7.36. The average molecular weight is 286 g/mol. The lowest BCUT2D eigenvalue weighted by atomic mass is 10.1. The molecule has 0 saturated heterocycles. The largest absolute Gasteiger partial charge is 0.370 e. The number of carbonyl (C=O) groups excluding carboxylic acids is 2.